The van der Waals surface area contributed by atoms with E-state index in [4.69, 9.17) is 20.8 Å². The van der Waals surface area contributed by atoms with Crippen LogP contribution in [0.5, 0.6) is 11.5 Å². The van der Waals surface area contributed by atoms with Gasteiger partial charge in [0.25, 0.3) is 0 Å². The highest BCUT2D eigenvalue weighted by atomic mass is 16.6. The lowest BCUT2D eigenvalue weighted by molar-refractivity contribution is 0.461. The first-order chi connectivity index (χ1) is 8.27. The zero-order chi connectivity index (χ0) is 12.1. The van der Waals surface area contributed by atoms with Crippen molar-refractivity contribution >= 4 is 19.1 Å². The molecule has 0 aliphatic heterocycles. The number of hydrogen-bond donors (Lipinski definition) is 2. The van der Waals surface area contributed by atoms with E-state index in [1.54, 1.807) is 24.3 Å². The maximum Gasteiger partial charge on any atom is 0.576 e. The van der Waals surface area contributed by atoms with Crippen molar-refractivity contribution in [1.82, 2.24) is 0 Å². The summed E-state index contributed by atoms with van der Waals surface area (Å²) in [4.78, 5) is 0. The number of nitrogen functional groups attached to an aromatic ring is 2. The highest BCUT2D eigenvalue weighted by Gasteiger charge is 2.03. The van der Waals surface area contributed by atoms with Crippen LogP contribution in [0.1, 0.15) is 0 Å². The monoisotopic (exact) mass is 228 g/mol. The lowest BCUT2D eigenvalue weighted by Crippen LogP contribution is -2.12. The van der Waals surface area contributed by atoms with Crippen LogP contribution in [0.15, 0.2) is 48.5 Å². The fourth-order valence-corrected chi connectivity index (χ4v) is 1.38. The molecule has 0 aliphatic carbocycles. The van der Waals surface area contributed by atoms with Crippen LogP contribution in [0.4, 0.5) is 11.4 Å². The van der Waals surface area contributed by atoms with E-state index >= 15 is 0 Å². The third kappa shape index (κ3) is 2.84. The van der Waals surface area contributed by atoms with Crippen LogP contribution in [0.3, 0.4) is 0 Å². The molecule has 2 aromatic rings. The average Bonchev–Trinajstić information content (AvgIpc) is 2.34. The maximum absolute atomic E-state index is 5.72. The van der Waals surface area contributed by atoms with E-state index in [1.807, 2.05) is 24.3 Å². The number of benzene rings is 2. The highest BCUT2D eigenvalue weighted by Crippen LogP contribution is 2.21. The van der Waals surface area contributed by atoms with Crippen LogP contribution in [0, 0.1) is 0 Å². The highest BCUT2D eigenvalue weighted by molar-refractivity contribution is 6.21. The Hall–Kier alpha value is -2.30. The Bertz CT molecular complexity index is 460. The zero-order valence-electron chi connectivity index (χ0n) is 9.30. The van der Waals surface area contributed by atoms with Crippen LogP contribution in [0.25, 0.3) is 0 Å². The number of para-hydroxylation sites is 4. The summed E-state index contributed by atoms with van der Waals surface area (Å²) >= 11 is 0. The molecule has 0 heterocycles. The number of anilines is 2. The first-order valence-corrected chi connectivity index (χ1v) is 5.22. The first kappa shape index (κ1) is 11.2. The molecule has 0 spiro atoms. The molecule has 0 atom stereocenters. The minimum absolute atomic E-state index is 0.0719. The Balaban J connectivity index is 1.93. The minimum atomic E-state index is 0.0719. The SMILES string of the molecule is Nc1ccccc1OBOc1ccccc1N. The van der Waals surface area contributed by atoms with E-state index in [2.05, 4.69) is 0 Å². The molecular formula is C12H13BN2O2. The predicted molar refractivity (Wildman–Crippen MR) is 70.1 cm³/mol. The molecule has 2 rings (SSSR count). The van der Waals surface area contributed by atoms with Crippen molar-refractivity contribution < 1.29 is 9.31 Å². The van der Waals surface area contributed by atoms with Crippen molar-refractivity contribution in [3.05, 3.63) is 48.5 Å². The summed E-state index contributed by atoms with van der Waals surface area (Å²) in [7, 11) is 0.0719. The summed E-state index contributed by atoms with van der Waals surface area (Å²) in [5.74, 6) is 1.20. The van der Waals surface area contributed by atoms with Gasteiger partial charge in [-0.25, -0.2) is 0 Å². The molecule has 0 amide bonds. The molecule has 17 heavy (non-hydrogen) atoms. The van der Waals surface area contributed by atoms with Gasteiger partial charge in [-0.3, -0.25) is 0 Å². The number of hydrogen-bond acceptors (Lipinski definition) is 4. The van der Waals surface area contributed by atoms with Gasteiger partial charge in [-0.05, 0) is 24.3 Å². The molecule has 0 saturated heterocycles. The lowest BCUT2D eigenvalue weighted by atomic mass is 10.2. The van der Waals surface area contributed by atoms with Gasteiger partial charge in [-0.2, -0.15) is 0 Å². The molecule has 0 unspecified atom stereocenters. The Morgan fingerprint density at radius 3 is 1.53 bits per heavy atom. The second-order valence-electron chi connectivity index (χ2n) is 3.48. The zero-order valence-corrected chi connectivity index (χ0v) is 9.30. The Kier molecular flexibility index (Phi) is 3.40. The van der Waals surface area contributed by atoms with Crippen LogP contribution < -0.4 is 20.8 Å². The van der Waals surface area contributed by atoms with Crippen molar-refractivity contribution in [2.75, 3.05) is 11.5 Å². The molecule has 4 nitrogen and oxygen atoms in total. The van der Waals surface area contributed by atoms with Crippen molar-refractivity contribution in [1.29, 1.82) is 0 Å². The van der Waals surface area contributed by atoms with Crippen LogP contribution in [0.2, 0.25) is 0 Å². The summed E-state index contributed by atoms with van der Waals surface area (Å²) < 4.78 is 10.8. The molecule has 86 valence electrons. The van der Waals surface area contributed by atoms with Crippen LogP contribution in [-0.4, -0.2) is 7.69 Å². The Morgan fingerprint density at radius 2 is 1.12 bits per heavy atom. The largest absolute Gasteiger partial charge is 0.576 e. The molecule has 2 aromatic carbocycles. The molecule has 0 bridgehead atoms. The molecule has 0 radical (unpaired) electrons. The summed E-state index contributed by atoms with van der Waals surface area (Å²) in [5, 5.41) is 0. The fraction of sp³-hybridized carbons (Fsp3) is 0. The predicted octanol–water partition coefficient (Wildman–Crippen LogP) is 1.58. The van der Waals surface area contributed by atoms with Gasteiger partial charge in [-0.15, -0.1) is 0 Å². The number of rotatable bonds is 4. The molecular weight excluding hydrogens is 215 g/mol. The van der Waals surface area contributed by atoms with Gasteiger partial charge in [0.1, 0.15) is 11.5 Å². The minimum Gasteiger partial charge on any atom is -0.527 e. The smallest absolute Gasteiger partial charge is 0.527 e. The fourth-order valence-electron chi connectivity index (χ4n) is 1.38. The summed E-state index contributed by atoms with van der Waals surface area (Å²) in [6.07, 6.45) is 0. The second-order valence-corrected chi connectivity index (χ2v) is 3.48. The maximum atomic E-state index is 5.72. The number of nitrogens with two attached hydrogens (primary N) is 2. The molecule has 0 aliphatic rings. The third-order valence-corrected chi connectivity index (χ3v) is 2.27. The topological polar surface area (TPSA) is 70.5 Å². The quantitative estimate of drug-likeness (QED) is 0.615. The summed E-state index contributed by atoms with van der Waals surface area (Å²) in [6.45, 7) is 0. The first-order valence-electron chi connectivity index (χ1n) is 5.22. The van der Waals surface area contributed by atoms with E-state index in [0.717, 1.165) is 0 Å². The summed E-state index contributed by atoms with van der Waals surface area (Å²) in [6, 6.07) is 14.5. The van der Waals surface area contributed by atoms with Crippen LogP contribution in [-0.2, 0) is 0 Å². The van der Waals surface area contributed by atoms with E-state index in [9.17, 15) is 0 Å². The van der Waals surface area contributed by atoms with Crippen molar-refractivity contribution in [3.8, 4) is 11.5 Å². The van der Waals surface area contributed by atoms with Crippen molar-refractivity contribution in [3.63, 3.8) is 0 Å². The van der Waals surface area contributed by atoms with Gasteiger partial charge in [0.15, 0.2) is 0 Å². The van der Waals surface area contributed by atoms with Gasteiger partial charge in [-0.1, -0.05) is 24.3 Å². The van der Waals surface area contributed by atoms with E-state index < -0.39 is 0 Å². The molecule has 0 fully saturated rings. The normalized spacial score (nSPS) is 9.65. The molecule has 0 aromatic heterocycles. The van der Waals surface area contributed by atoms with Crippen LogP contribution >= 0.6 is 0 Å². The van der Waals surface area contributed by atoms with Gasteiger partial charge in [0, 0.05) is 0 Å². The van der Waals surface area contributed by atoms with E-state index in [0.29, 0.717) is 22.9 Å². The second kappa shape index (κ2) is 5.16. The molecule has 5 heteroatoms. The van der Waals surface area contributed by atoms with Gasteiger partial charge < -0.3 is 20.8 Å². The summed E-state index contributed by atoms with van der Waals surface area (Å²) in [5.41, 5.74) is 12.6. The van der Waals surface area contributed by atoms with Gasteiger partial charge in [0.05, 0.1) is 11.4 Å². The van der Waals surface area contributed by atoms with Crippen molar-refractivity contribution in [2.45, 2.75) is 0 Å². The van der Waals surface area contributed by atoms with Crippen molar-refractivity contribution in [2.24, 2.45) is 0 Å². The Labute approximate surface area is 100 Å². The van der Waals surface area contributed by atoms with Gasteiger partial charge >= 0.3 is 7.69 Å². The molecule has 0 saturated carbocycles. The standard InChI is InChI=1S/C12H13BN2O2/c14-9-5-1-3-7-11(9)16-13-17-12-8-4-2-6-10(12)15/h1-8,13H,14-15H2. The Morgan fingerprint density at radius 1 is 0.706 bits per heavy atom. The average molecular weight is 228 g/mol. The molecule has 4 N–H and O–H groups in total. The van der Waals surface area contributed by atoms with Gasteiger partial charge in [0.2, 0.25) is 0 Å². The van der Waals surface area contributed by atoms with E-state index in [1.165, 1.54) is 0 Å². The van der Waals surface area contributed by atoms with E-state index in [-0.39, 0.29) is 7.69 Å². The lowest BCUT2D eigenvalue weighted by Gasteiger charge is -2.10. The third-order valence-electron chi connectivity index (χ3n) is 2.27.